The highest BCUT2D eigenvalue weighted by Crippen LogP contribution is 2.29. The van der Waals surface area contributed by atoms with Crippen LogP contribution in [0.1, 0.15) is 15.9 Å². The number of fused-ring (bicyclic) bond motifs is 1. The van der Waals surface area contributed by atoms with Crippen LogP contribution in [0.4, 0.5) is 11.5 Å². The highest BCUT2D eigenvalue weighted by Gasteiger charge is 2.13. The molecular weight excluding hydrogens is 417 g/mol. The Bertz CT molecular complexity index is 1450. The van der Waals surface area contributed by atoms with Crippen molar-refractivity contribution in [3.63, 3.8) is 0 Å². The van der Waals surface area contributed by atoms with Crippen LogP contribution in [0.3, 0.4) is 0 Å². The van der Waals surface area contributed by atoms with Gasteiger partial charge in [0.1, 0.15) is 25.7 Å². The number of furan rings is 1. The lowest BCUT2D eigenvalue weighted by atomic mass is 10.0. The third-order valence-corrected chi connectivity index (χ3v) is 5.27. The Morgan fingerprint density at radius 3 is 2.82 bits per heavy atom. The highest BCUT2D eigenvalue weighted by atomic mass is 16.3. The van der Waals surface area contributed by atoms with E-state index in [-0.39, 0.29) is 11.7 Å². The fourth-order valence-electron chi connectivity index (χ4n) is 3.58. The summed E-state index contributed by atoms with van der Waals surface area (Å²) in [5.74, 6) is 0.668. The number of para-hydroxylation sites is 1. The van der Waals surface area contributed by atoms with E-state index in [1.54, 1.807) is 28.9 Å². The molecule has 5 rings (SSSR count). The molecule has 0 aliphatic rings. The Kier molecular flexibility index (Phi) is 5.28. The fraction of sp³-hybridized carbons (Fsp3) is 0.0417. The van der Waals surface area contributed by atoms with E-state index < -0.39 is 0 Å². The van der Waals surface area contributed by atoms with Gasteiger partial charge in [-0.1, -0.05) is 24.3 Å². The SMILES string of the molecule is Bc1cnn2c(NCc3cccc(NC(=O)c4ccoc4)c3)cc(-c3ccccc3O)nc12. The van der Waals surface area contributed by atoms with E-state index in [2.05, 4.69) is 15.7 Å². The summed E-state index contributed by atoms with van der Waals surface area (Å²) in [6.45, 7) is 0.494. The molecule has 33 heavy (non-hydrogen) atoms. The topological polar surface area (TPSA) is 105 Å². The van der Waals surface area contributed by atoms with Crippen LogP contribution in [-0.4, -0.2) is 33.5 Å². The first-order chi connectivity index (χ1) is 16.1. The number of carbonyl (C=O) groups is 1. The molecule has 3 N–H and O–H groups in total. The summed E-state index contributed by atoms with van der Waals surface area (Å²) in [5.41, 5.74) is 5.05. The molecule has 2 aromatic carbocycles. The summed E-state index contributed by atoms with van der Waals surface area (Å²) in [5, 5.41) is 21.0. The van der Waals surface area contributed by atoms with Crippen LogP contribution in [0.15, 0.2) is 83.8 Å². The number of anilines is 2. The average Bonchev–Trinajstić information content (AvgIpc) is 3.49. The summed E-state index contributed by atoms with van der Waals surface area (Å²) >= 11 is 0. The minimum atomic E-state index is -0.232. The zero-order valence-electron chi connectivity index (χ0n) is 17.8. The van der Waals surface area contributed by atoms with E-state index in [1.807, 2.05) is 50.3 Å². The molecule has 0 fully saturated rings. The van der Waals surface area contributed by atoms with Gasteiger partial charge in [-0.25, -0.2) is 4.98 Å². The third kappa shape index (κ3) is 4.16. The molecule has 3 heterocycles. The quantitative estimate of drug-likeness (QED) is 0.353. The van der Waals surface area contributed by atoms with Gasteiger partial charge in [-0.05, 0) is 41.4 Å². The van der Waals surface area contributed by atoms with Crippen LogP contribution >= 0.6 is 0 Å². The molecular formula is C24H20BN5O3. The minimum Gasteiger partial charge on any atom is -0.507 e. The first kappa shape index (κ1) is 20.4. The van der Waals surface area contributed by atoms with Crippen LogP contribution in [-0.2, 0) is 6.54 Å². The van der Waals surface area contributed by atoms with E-state index in [4.69, 9.17) is 9.40 Å². The van der Waals surface area contributed by atoms with Crippen LogP contribution in [0, 0.1) is 0 Å². The average molecular weight is 437 g/mol. The second-order valence-electron chi connectivity index (χ2n) is 7.63. The molecule has 9 heteroatoms. The maximum atomic E-state index is 12.3. The van der Waals surface area contributed by atoms with Crippen molar-refractivity contribution in [1.29, 1.82) is 0 Å². The van der Waals surface area contributed by atoms with Crippen molar-refractivity contribution in [3.8, 4) is 17.0 Å². The zero-order chi connectivity index (χ0) is 22.8. The van der Waals surface area contributed by atoms with Crippen molar-refractivity contribution < 1.29 is 14.3 Å². The van der Waals surface area contributed by atoms with Gasteiger partial charge in [0, 0.05) is 30.1 Å². The second-order valence-corrected chi connectivity index (χ2v) is 7.63. The van der Waals surface area contributed by atoms with Gasteiger partial charge in [-0.15, -0.1) is 0 Å². The second kappa shape index (κ2) is 8.54. The maximum Gasteiger partial charge on any atom is 0.258 e. The number of amides is 1. The van der Waals surface area contributed by atoms with Crippen molar-refractivity contribution in [2.75, 3.05) is 10.6 Å². The van der Waals surface area contributed by atoms with Gasteiger partial charge in [0.15, 0.2) is 5.65 Å². The Morgan fingerprint density at radius 2 is 2.00 bits per heavy atom. The zero-order valence-corrected chi connectivity index (χ0v) is 17.8. The molecule has 0 saturated heterocycles. The van der Waals surface area contributed by atoms with Gasteiger partial charge in [0.05, 0.1) is 17.5 Å². The Morgan fingerprint density at radius 1 is 1.12 bits per heavy atom. The van der Waals surface area contributed by atoms with E-state index >= 15 is 0 Å². The number of phenolic OH excluding ortho intramolecular Hbond substituents is 1. The lowest BCUT2D eigenvalue weighted by molar-refractivity contribution is 0.102. The smallest absolute Gasteiger partial charge is 0.258 e. The van der Waals surface area contributed by atoms with Gasteiger partial charge < -0.3 is 20.2 Å². The van der Waals surface area contributed by atoms with E-state index in [9.17, 15) is 9.90 Å². The summed E-state index contributed by atoms with van der Waals surface area (Å²) in [6.07, 6.45) is 4.63. The number of aromatic hydroxyl groups is 1. The molecule has 0 radical (unpaired) electrons. The molecule has 0 unspecified atom stereocenters. The summed E-state index contributed by atoms with van der Waals surface area (Å²) in [7, 11) is 1.94. The van der Waals surface area contributed by atoms with Gasteiger partial charge >= 0.3 is 0 Å². The molecule has 0 spiro atoms. The number of phenols is 1. The number of aromatic nitrogens is 3. The van der Waals surface area contributed by atoms with Crippen LogP contribution < -0.4 is 16.1 Å². The van der Waals surface area contributed by atoms with Crippen molar-refractivity contribution >= 4 is 36.4 Å². The van der Waals surface area contributed by atoms with Gasteiger partial charge in [-0.2, -0.15) is 9.61 Å². The molecule has 0 aliphatic carbocycles. The maximum absolute atomic E-state index is 12.3. The normalized spacial score (nSPS) is 10.9. The van der Waals surface area contributed by atoms with Crippen molar-refractivity contribution in [2.24, 2.45) is 0 Å². The number of carbonyl (C=O) groups excluding carboxylic acids is 1. The lowest BCUT2D eigenvalue weighted by Gasteiger charge is -2.13. The van der Waals surface area contributed by atoms with Gasteiger partial charge in [0.2, 0.25) is 0 Å². The number of hydrogen-bond acceptors (Lipinski definition) is 6. The van der Waals surface area contributed by atoms with E-state index in [1.165, 1.54) is 12.5 Å². The Hall–Kier alpha value is -4.53. The molecule has 0 aliphatic heterocycles. The molecule has 0 bridgehead atoms. The number of nitrogens with one attached hydrogen (secondary N) is 2. The molecule has 0 atom stereocenters. The summed E-state index contributed by atoms with van der Waals surface area (Å²) in [4.78, 5) is 17.0. The minimum absolute atomic E-state index is 0.165. The Labute approximate surface area is 190 Å². The lowest BCUT2D eigenvalue weighted by Crippen LogP contribution is -2.12. The number of benzene rings is 2. The number of hydrogen-bond donors (Lipinski definition) is 3. The predicted octanol–water partition coefficient (Wildman–Crippen LogP) is 2.82. The van der Waals surface area contributed by atoms with Crippen molar-refractivity contribution in [3.05, 3.63) is 90.5 Å². The summed E-state index contributed by atoms with van der Waals surface area (Å²) < 4.78 is 6.71. The van der Waals surface area contributed by atoms with Gasteiger partial charge in [0.25, 0.3) is 5.91 Å². The van der Waals surface area contributed by atoms with E-state index in [0.29, 0.717) is 34.7 Å². The largest absolute Gasteiger partial charge is 0.507 e. The highest BCUT2D eigenvalue weighted by molar-refractivity contribution is 6.36. The van der Waals surface area contributed by atoms with Gasteiger partial charge in [-0.3, -0.25) is 4.79 Å². The number of rotatable bonds is 6. The predicted molar refractivity (Wildman–Crippen MR) is 129 cm³/mol. The van der Waals surface area contributed by atoms with Crippen LogP contribution in [0.25, 0.3) is 16.9 Å². The van der Waals surface area contributed by atoms with Crippen LogP contribution in [0.5, 0.6) is 5.75 Å². The number of nitrogens with zero attached hydrogens (tertiary/aromatic N) is 3. The molecule has 5 aromatic rings. The molecule has 162 valence electrons. The first-order valence-corrected chi connectivity index (χ1v) is 10.4. The molecule has 3 aromatic heterocycles. The fourth-order valence-corrected chi connectivity index (χ4v) is 3.58. The van der Waals surface area contributed by atoms with Crippen molar-refractivity contribution in [1.82, 2.24) is 14.6 Å². The molecule has 1 amide bonds. The monoisotopic (exact) mass is 437 g/mol. The van der Waals surface area contributed by atoms with E-state index in [0.717, 1.165) is 16.8 Å². The third-order valence-electron chi connectivity index (χ3n) is 5.27. The molecule has 0 saturated carbocycles. The standard InChI is InChI=1S/C24H20BN5O3/c25-19-13-27-30-22(11-20(29-23(19)30)18-6-1-2-7-21(18)31)26-12-15-4-3-5-17(10-15)28-24(32)16-8-9-33-14-16/h1-11,13-14,26,31H,12,25H2,(H,28,32). The van der Waals surface area contributed by atoms with Crippen molar-refractivity contribution in [2.45, 2.75) is 6.54 Å². The molecule has 8 nitrogen and oxygen atoms in total. The summed E-state index contributed by atoms with van der Waals surface area (Å²) in [6, 6.07) is 18.2. The first-order valence-electron chi connectivity index (χ1n) is 10.4. The van der Waals surface area contributed by atoms with Crippen LogP contribution in [0.2, 0.25) is 0 Å². The Balaban J connectivity index is 1.41.